The van der Waals surface area contributed by atoms with Gasteiger partial charge in [0, 0.05) is 18.2 Å². The van der Waals surface area contributed by atoms with Gasteiger partial charge in [-0.25, -0.2) is 22.1 Å². The molecule has 2 aromatic heterocycles. The molecule has 33 heavy (non-hydrogen) atoms. The Kier molecular flexibility index (Phi) is 5.37. The normalized spacial score (nSPS) is 14.2. The number of nitrogen functional groups attached to an aromatic ring is 1. The van der Waals surface area contributed by atoms with Crippen LogP contribution in [0.4, 0.5) is 23.5 Å². The highest BCUT2D eigenvalue weighted by Gasteiger charge is 2.49. The van der Waals surface area contributed by atoms with Crippen molar-refractivity contribution in [3.05, 3.63) is 78.0 Å². The Morgan fingerprint density at radius 3 is 2.64 bits per heavy atom. The number of halogens is 4. The minimum absolute atomic E-state index is 0.0694. The van der Waals surface area contributed by atoms with Crippen LogP contribution in [0, 0.1) is 11.6 Å². The molecule has 6 nitrogen and oxygen atoms in total. The number of pyridine rings is 1. The molecule has 1 atom stereocenters. The number of nitrogens with zero attached hydrogens (tertiary/aromatic N) is 3. The number of hydrogen-bond acceptors (Lipinski definition) is 5. The molecule has 1 unspecified atom stereocenters. The van der Waals surface area contributed by atoms with Crippen LogP contribution in [0.5, 0.6) is 5.75 Å². The zero-order valence-electron chi connectivity index (χ0n) is 18.4. The van der Waals surface area contributed by atoms with Crippen molar-refractivity contribution in [1.29, 1.82) is 1.43 Å². The van der Waals surface area contributed by atoms with E-state index in [-0.39, 0.29) is 22.8 Å². The molecule has 2 heterocycles. The molecule has 0 spiro atoms. The highest BCUT2D eigenvalue weighted by Crippen LogP contribution is 2.40. The first-order chi connectivity index (χ1) is 16.1. The predicted octanol–water partition coefficient (Wildman–Crippen LogP) is 4.57. The third-order valence-electron chi connectivity index (χ3n) is 5.39. The van der Waals surface area contributed by atoms with E-state index in [1.807, 2.05) is 0 Å². The van der Waals surface area contributed by atoms with Gasteiger partial charge < -0.3 is 15.6 Å². The van der Waals surface area contributed by atoms with Gasteiger partial charge in [-0.1, -0.05) is 24.3 Å². The van der Waals surface area contributed by atoms with Gasteiger partial charge >= 0.3 is 0 Å². The number of aliphatic hydroxyl groups is 1. The summed E-state index contributed by atoms with van der Waals surface area (Å²) < 4.78 is 72.3. The average molecular weight is 461 g/mol. The topological polar surface area (TPSA) is 85.7 Å². The molecule has 0 saturated carbocycles. The number of rotatable bonds is 8. The molecule has 0 saturated heterocycles. The first-order valence-corrected chi connectivity index (χ1v) is 9.96. The summed E-state index contributed by atoms with van der Waals surface area (Å²) in [5.74, 6) is -5.07. The second-order valence-electron chi connectivity index (χ2n) is 7.65. The van der Waals surface area contributed by atoms with Gasteiger partial charge in [0.1, 0.15) is 5.82 Å². The van der Waals surface area contributed by atoms with Gasteiger partial charge in [0.15, 0.2) is 22.8 Å². The van der Waals surface area contributed by atoms with Gasteiger partial charge in [-0.2, -0.15) is 4.98 Å². The van der Waals surface area contributed by atoms with E-state index in [9.17, 15) is 4.39 Å². The number of anilines is 1. The maximum absolute atomic E-state index is 15.1. The second-order valence-corrected chi connectivity index (χ2v) is 7.65. The van der Waals surface area contributed by atoms with Crippen molar-refractivity contribution in [3.8, 4) is 16.9 Å². The Morgan fingerprint density at radius 2 is 1.91 bits per heavy atom. The third kappa shape index (κ3) is 4.34. The highest BCUT2D eigenvalue weighted by molar-refractivity contribution is 5.69. The number of alkyl halides is 2. The van der Waals surface area contributed by atoms with E-state index in [2.05, 4.69) is 15.2 Å². The van der Waals surface area contributed by atoms with E-state index in [4.69, 9.17) is 11.9 Å². The summed E-state index contributed by atoms with van der Waals surface area (Å²) in [4.78, 5) is 4.03. The number of nitrogens with two attached hydrogens (primary N) is 1. The fraction of sp³-hybridized carbons (Fsp3) is 0.217. The summed E-state index contributed by atoms with van der Waals surface area (Å²) in [6.45, 7) is 0.467. The van der Waals surface area contributed by atoms with Crippen LogP contribution < -0.4 is 10.5 Å². The fourth-order valence-electron chi connectivity index (χ4n) is 3.42. The number of ether oxygens (including phenoxy) is 1. The van der Waals surface area contributed by atoms with Gasteiger partial charge in [0.05, 0.1) is 6.61 Å². The van der Waals surface area contributed by atoms with Crippen molar-refractivity contribution >= 4 is 11.6 Å². The number of hydrogen-bond donors (Lipinski definition) is 2. The van der Waals surface area contributed by atoms with E-state index in [1.54, 1.807) is 18.3 Å². The lowest BCUT2D eigenvalue weighted by molar-refractivity contribution is -0.184. The minimum atomic E-state index is -3.58. The molecular weight excluding hydrogens is 440 g/mol. The van der Waals surface area contributed by atoms with E-state index in [0.717, 1.165) is 31.2 Å². The SMILES string of the molecule is [2H]OC(C)(c1ccc(F)cc1)C(F)(F)CCOc1cccc(-c2ccn3nc(N)nc3c2)c1F. The molecule has 0 aliphatic heterocycles. The molecule has 0 amide bonds. The molecule has 0 fully saturated rings. The summed E-state index contributed by atoms with van der Waals surface area (Å²) in [5, 5.41) is 8.35. The molecule has 0 radical (unpaired) electrons. The first-order valence-electron chi connectivity index (χ1n) is 10.4. The summed E-state index contributed by atoms with van der Waals surface area (Å²) in [7, 11) is 0. The van der Waals surface area contributed by atoms with Crippen LogP contribution in [0.15, 0.2) is 60.8 Å². The van der Waals surface area contributed by atoms with Gasteiger partial charge in [-0.15, -0.1) is 5.10 Å². The lowest BCUT2D eigenvalue weighted by Crippen LogP contribution is -2.43. The molecule has 0 bridgehead atoms. The summed E-state index contributed by atoms with van der Waals surface area (Å²) >= 11 is 0. The van der Waals surface area contributed by atoms with Gasteiger partial charge in [0.25, 0.3) is 5.92 Å². The third-order valence-corrected chi connectivity index (χ3v) is 5.39. The average Bonchev–Trinajstić information content (AvgIpc) is 3.19. The summed E-state index contributed by atoms with van der Waals surface area (Å²) in [6, 6.07) is 11.8. The second kappa shape index (κ2) is 8.36. The van der Waals surface area contributed by atoms with Gasteiger partial charge in [-0.3, -0.25) is 0 Å². The van der Waals surface area contributed by atoms with Crippen LogP contribution in [-0.4, -0.2) is 33.7 Å². The molecule has 4 aromatic rings. The first kappa shape index (κ1) is 21.2. The molecule has 2 aromatic carbocycles. The Labute approximate surface area is 187 Å². The van der Waals surface area contributed by atoms with Gasteiger partial charge in [-0.05, 0) is 48.4 Å². The monoisotopic (exact) mass is 461 g/mol. The largest absolute Gasteiger partial charge is 0.490 e. The van der Waals surface area contributed by atoms with Crippen LogP contribution in [0.1, 0.15) is 18.9 Å². The van der Waals surface area contributed by atoms with Crippen LogP contribution in [-0.2, 0) is 5.60 Å². The summed E-state index contributed by atoms with van der Waals surface area (Å²) in [6.07, 6.45) is 0.688. The van der Waals surface area contributed by atoms with Crippen LogP contribution in [0.3, 0.4) is 0 Å². The molecule has 4 rings (SSSR count). The molecule has 172 valence electrons. The highest BCUT2D eigenvalue weighted by atomic mass is 19.3. The summed E-state index contributed by atoms with van der Waals surface area (Å²) in [5.41, 5.74) is 4.20. The lowest BCUT2D eigenvalue weighted by Gasteiger charge is -2.33. The minimum Gasteiger partial charge on any atom is -0.490 e. The van der Waals surface area contributed by atoms with Crippen molar-refractivity contribution in [2.24, 2.45) is 0 Å². The van der Waals surface area contributed by atoms with Crippen LogP contribution in [0.2, 0.25) is 0 Å². The Morgan fingerprint density at radius 1 is 1.15 bits per heavy atom. The van der Waals surface area contributed by atoms with Crippen LogP contribution in [0.25, 0.3) is 16.8 Å². The molecule has 3 N–H and O–H groups in total. The van der Waals surface area contributed by atoms with E-state index >= 15 is 13.2 Å². The number of fused-ring (bicyclic) bond motifs is 1. The quantitative estimate of drug-likeness (QED) is 0.376. The van der Waals surface area contributed by atoms with Crippen molar-refractivity contribution in [2.75, 3.05) is 12.3 Å². The molecular formula is C23H20F4N4O2. The fourth-order valence-corrected chi connectivity index (χ4v) is 3.42. The lowest BCUT2D eigenvalue weighted by atomic mass is 9.87. The maximum Gasteiger partial charge on any atom is 0.283 e. The molecule has 0 aliphatic rings. The zero-order chi connectivity index (χ0) is 24.5. The van der Waals surface area contributed by atoms with E-state index in [1.165, 1.54) is 22.7 Å². The Balaban J connectivity index is 1.51. The van der Waals surface area contributed by atoms with Crippen molar-refractivity contribution in [3.63, 3.8) is 0 Å². The Hall–Kier alpha value is -3.66. The standard InChI is InChI=1S/C23H20F4N4O2/c1-22(32,15-5-7-16(24)8-6-15)23(26,27)10-12-33-18-4-2-3-17(20(18)25)14-9-11-31-19(13-14)29-21(28)30-31/h2-9,11,13,32H,10,12H2,1H3,(H2,28,30)/i32D. The number of benzene rings is 2. The zero-order valence-corrected chi connectivity index (χ0v) is 17.4. The predicted molar refractivity (Wildman–Crippen MR) is 114 cm³/mol. The smallest absolute Gasteiger partial charge is 0.283 e. The van der Waals surface area contributed by atoms with Crippen molar-refractivity contribution in [2.45, 2.75) is 24.9 Å². The molecule has 0 aliphatic carbocycles. The van der Waals surface area contributed by atoms with Gasteiger partial charge in [0.2, 0.25) is 7.38 Å². The van der Waals surface area contributed by atoms with Crippen LogP contribution >= 0.6 is 0 Å². The molecule has 10 heteroatoms. The van der Waals surface area contributed by atoms with E-state index in [0.29, 0.717) is 11.2 Å². The number of aromatic nitrogens is 3. The Bertz CT molecular complexity index is 1320. The van der Waals surface area contributed by atoms with Crippen molar-refractivity contribution in [1.82, 2.24) is 14.6 Å². The van der Waals surface area contributed by atoms with E-state index < -0.39 is 36.2 Å². The van der Waals surface area contributed by atoms with Crippen molar-refractivity contribution < 1.29 is 27.4 Å². The maximum atomic E-state index is 15.1.